The van der Waals surface area contributed by atoms with Crippen LogP contribution in [0.3, 0.4) is 0 Å². The van der Waals surface area contributed by atoms with E-state index in [1.165, 1.54) is 32.8 Å². The molecular formula is C16H21ClN2O2. The standard InChI is InChI=1S/C16H21ClN2O2/c1-21-16(20)13-6-12(18)7-14(17)15(13)19(8-10-2-3-10)9-11-4-5-11/h6-7,10-11H,2-5,8-9,18H2,1H3. The van der Waals surface area contributed by atoms with Gasteiger partial charge in [-0.25, -0.2) is 4.79 Å². The fourth-order valence-corrected chi connectivity index (χ4v) is 3.04. The first kappa shape index (κ1) is 14.5. The molecule has 5 heteroatoms. The van der Waals surface area contributed by atoms with Crippen molar-refractivity contribution in [3.8, 4) is 0 Å². The largest absolute Gasteiger partial charge is 0.465 e. The number of carbonyl (C=O) groups excluding carboxylic acids is 1. The molecule has 2 N–H and O–H groups in total. The first-order valence-electron chi connectivity index (χ1n) is 7.50. The summed E-state index contributed by atoms with van der Waals surface area (Å²) < 4.78 is 4.90. The van der Waals surface area contributed by atoms with Crippen LogP contribution in [-0.2, 0) is 4.74 Å². The van der Waals surface area contributed by atoms with Crippen LogP contribution < -0.4 is 10.6 Å². The molecule has 2 aliphatic rings. The Hall–Kier alpha value is -1.42. The van der Waals surface area contributed by atoms with Gasteiger partial charge in [0.05, 0.1) is 23.4 Å². The Morgan fingerprint density at radius 3 is 2.33 bits per heavy atom. The van der Waals surface area contributed by atoms with E-state index in [1.807, 2.05) is 0 Å². The van der Waals surface area contributed by atoms with Gasteiger partial charge in [0, 0.05) is 18.8 Å². The van der Waals surface area contributed by atoms with E-state index in [1.54, 1.807) is 12.1 Å². The molecule has 0 bridgehead atoms. The monoisotopic (exact) mass is 308 g/mol. The second-order valence-corrected chi connectivity index (χ2v) is 6.59. The lowest BCUT2D eigenvalue weighted by Crippen LogP contribution is -2.30. The van der Waals surface area contributed by atoms with E-state index < -0.39 is 0 Å². The van der Waals surface area contributed by atoms with Crippen molar-refractivity contribution in [2.24, 2.45) is 11.8 Å². The van der Waals surface area contributed by atoms with E-state index >= 15 is 0 Å². The van der Waals surface area contributed by atoms with Crippen molar-refractivity contribution in [1.82, 2.24) is 0 Å². The number of anilines is 2. The fraction of sp³-hybridized carbons (Fsp3) is 0.562. The third-order valence-corrected chi connectivity index (χ3v) is 4.45. The zero-order valence-corrected chi connectivity index (χ0v) is 13.0. The third-order valence-electron chi connectivity index (χ3n) is 4.16. The maximum atomic E-state index is 12.1. The number of rotatable bonds is 6. The number of nitrogens with two attached hydrogens (primary N) is 1. The van der Waals surface area contributed by atoms with Gasteiger partial charge >= 0.3 is 5.97 Å². The van der Waals surface area contributed by atoms with Gasteiger partial charge in [0.15, 0.2) is 0 Å². The van der Waals surface area contributed by atoms with E-state index in [-0.39, 0.29) is 5.97 Å². The van der Waals surface area contributed by atoms with Crippen molar-refractivity contribution in [2.75, 3.05) is 30.8 Å². The van der Waals surface area contributed by atoms with E-state index in [9.17, 15) is 4.79 Å². The summed E-state index contributed by atoms with van der Waals surface area (Å²) in [6, 6.07) is 3.38. The van der Waals surface area contributed by atoms with E-state index in [2.05, 4.69) is 4.90 Å². The van der Waals surface area contributed by atoms with Gasteiger partial charge in [-0.2, -0.15) is 0 Å². The van der Waals surface area contributed by atoms with Crippen LogP contribution in [0.5, 0.6) is 0 Å². The molecule has 4 nitrogen and oxygen atoms in total. The molecule has 0 heterocycles. The molecule has 2 aliphatic carbocycles. The predicted molar refractivity (Wildman–Crippen MR) is 84.9 cm³/mol. The molecule has 0 aliphatic heterocycles. The number of carbonyl (C=O) groups is 1. The van der Waals surface area contributed by atoms with Gasteiger partial charge < -0.3 is 15.4 Å². The van der Waals surface area contributed by atoms with Gasteiger partial charge in [0.1, 0.15) is 0 Å². The zero-order chi connectivity index (χ0) is 15.0. The topological polar surface area (TPSA) is 55.6 Å². The maximum Gasteiger partial charge on any atom is 0.340 e. The highest BCUT2D eigenvalue weighted by molar-refractivity contribution is 6.34. The zero-order valence-electron chi connectivity index (χ0n) is 12.3. The number of esters is 1. The highest BCUT2D eigenvalue weighted by Crippen LogP contribution is 2.40. The second-order valence-electron chi connectivity index (χ2n) is 6.18. The Labute approximate surface area is 130 Å². The van der Waals surface area contributed by atoms with Crippen molar-refractivity contribution in [2.45, 2.75) is 25.7 Å². The van der Waals surface area contributed by atoms with Crippen LogP contribution in [0.15, 0.2) is 12.1 Å². The quantitative estimate of drug-likeness (QED) is 0.647. The number of nitrogens with zero attached hydrogens (tertiary/aromatic N) is 1. The molecule has 1 aromatic rings. The molecule has 0 atom stereocenters. The average Bonchev–Trinajstić information content (AvgIpc) is 3.32. The summed E-state index contributed by atoms with van der Waals surface area (Å²) in [5, 5.41) is 0.539. The Morgan fingerprint density at radius 2 is 1.86 bits per heavy atom. The molecule has 0 saturated heterocycles. The van der Waals surface area contributed by atoms with Gasteiger partial charge in [0.25, 0.3) is 0 Å². The van der Waals surface area contributed by atoms with Crippen molar-refractivity contribution >= 4 is 28.9 Å². The summed E-state index contributed by atoms with van der Waals surface area (Å²) in [5.74, 6) is 1.07. The molecule has 0 radical (unpaired) electrons. The van der Waals surface area contributed by atoms with Crippen molar-refractivity contribution < 1.29 is 9.53 Å². The van der Waals surface area contributed by atoms with Crippen molar-refractivity contribution in [3.05, 3.63) is 22.7 Å². The Bertz CT molecular complexity index is 539. The number of halogens is 1. The molecule has 0 aromatic heterocycles. The van der Waals surface area contributed by atoms with E-state index in [0.717, 1.165) is 30.6 Å². The maximum absolute atomic E-state index is 12.1. The lowest BCUT2D eigenvalue weighted by molar-refractivity contribution is 0.0601. The Kier molecular flexibility index (Phi) is 3.98. The van der Waals surface area contributed by atoms with Crippen molar-refractivity contribution in [3.63, 3.8) is 0 Å². The minimum atomic E-state index is -0.379. The SMILES string of the molecule is COC(=O)c1cc(N)cc(Cl)c1N(CC1CC1)CC1CC1. The summed E-state index contributed by atoms with van der Waals surface area (Å²) in [6.07, 6.45) is 5.06. The highest BCUT2D eigenvalue weighted by Gasteiger charge is 2.32. The van der Waals surface area contributed by atoms with Crippen molar-refractivity contribution in [1.29, 1.82) is 0 Å². The highest BCUT2D eigenvalue weighted by atomic mass is 35.5. The van der Waals surface area contributed by atoms with E-state index in [0.29, 0.717) is 16.3 Å². The minimum Gasteiger partial charge on any atom is -0.465 e. The smallest absolute Gasteiger partial charge is 0.340 e. The van der Waals surface area contributed by atoms with Gasteiger partial charge in [-0.1, -0.05) is 11.6 Å². The molecule has 21 heavy (non-hydrogen) atoms. The summed E-state index contributed by atoms with van der Waals surface area (Å²) in [6.45, 7) is 1.92. The van der Waals surface area contributed by atoms with Crippen LogP contribution in [0.25, 0.3) is 0 Å². The average molecular weight is 309 g/mol. The lowest BCUT2D eigenvalue weighted by atomic mass is 10.1. The second kappa shape index (κ2) is 5.76. The van der Waals surface area contributed by atoms with Crippen LogP contribution >= 0.6 is 11.6 Å². The number of methoxy groups -OCH3 is 1. The summed E-state index contributed by atoms with van der Waals surface area (Å²) in [4.78, 5) is 14.4. The van der Waals surface area contributed by atoms with Gasteiger partial charge in [-0.3, -0.25) is 0 Å². The molecule has 3 rings (SSSR count). The predicted octanol–water partition coefficient (Wildman–Crippen LogP) is 3.34. The normalized spacial score (nSPS) is 17.6. The molecule has 2 saturated carbocycles. The van der Waals surface area contributed by atoms with Crippen LogP contribution in [-0.4, -0.2) is 26.2 Å². The molecule has 114 valence electrons. The molecule has 0 unspecified atom stereocenters. The number of nitrogen functional groups attached to an aromatic ring is 1. The summed E-state index contributed by atoms with van der Waals surface area (Å²) in [5.41, 5.74) is 7.59. The van der Waals surface area contributed by atoms with Gasteiger partial charge in [-0.15, -0.1) is 0 Å². The molecule has 1 aromatic carbocycles. The Balaban J connectivity index is 1.96. The van der Waals surface area contributed by atoms with Gasteiger partial charge in [0.2, 0.25) is 0 Å². The van der Waals surface area contributed by atoms with Gasteiger partial charge in [-0.05, 0) is 49.7 Å². The number of ether oxygens (including phenoxy) is 1. The summed E-state index contributed by atoms with van der Waals surface area (Å²) >= 11 is 6.41. The van der Waals surface area contributed by atoms with Crippen LogP contribution in [0.4, 0.5) is 11.4 Å². The first-order valence-corrected chi connectivity index (χ1v) is 7.88. The minimum absolute atomic E-state index is 0.379. The van der Waals surface area contributed by atoms with Crippen LogP contribution in [0, 0.1) is 11.8 Å². The molecular weight excluding hydrogens is 288 g/mol. The number of benzene rings is 1. The van der Waals surface area contributed by atoms with E-state index in [4.69, 9.17) is 22.1 Å². The molecule has 0 spiro atoms. The Morgan fingerprint density at radius 1 is 1.29 bits per heavy atom. The van der Waals surface area contributed by atoms with Crippen LogP contribution in [0.2, 0.25) is 5.02 Å². The third kappa shape index (κ3) is 3.43. The molecule has 0 amide bonds. The molecule has 2 fully saturated rings. The summed E-state index contributed by atoms with van der Waals surface area (Å²) in [7, 11) is 1.38. The fourth-order valence-electron chi connectivity index (χ4n) is 2.69. The van der Waals surface area contributed by atoms with Crippen LogP contribution in [0.1, 0.15) is 36.0 Å². The number of hydrogen-bond acceptors (Lipinski definition) is 4. The lowest BCUT2D eigenvalue weighted by Gasteiger charge is -2.28. The first-order chi connectivity index (χ1) is 10.1. The number of hydrogen-bond donors (Lipinski definition) is 1.